The lowest BCUT2D eigenvalue weighted by Crippen LogP contribution is -2.32. The Morgan fingerprint density at radius 2 is 1.88 bits per heavy atom. The van der Waals surface area contributed by atoms with Crippen LogP contribution in [0.25, 0.3) is 22.3 Å². The number of hydrogen-bond donors (Lipinski definition) is 4. The first-order chi connectivity index (χ1) is 22.9. The maximum absolute atomic E-state index is 15.5. The van der Waals surface area contributed by atoms with E-state index in [1.54, 1.807) is 12.4 Å². The minimum absolute atomic E-state index is 0.00291. The van der Waals surface area contributed by atoms with Crippen molar-refractivity contribution in [2.24, 2.45) is 5.41 Å². The Kier molecular flexibility index (Phi) is 8.96. The number of amides is 1. The third-order valence-electron chi connectivity index (χ3n) is 9.18. The van der Waals surface area contributed by atoms with E-state index in [1.807, 2.05) is 44.2 Å². The van der Waals surface area contributed by atoms with E-state index in [4.69, 9.17) is 9.47 Å². The number of nitrogens with zero attached hydrogens (tertiary/aromatic N) is 1. The summed E-state index contributed by atoms with van der Waals surface area (Å²) in [5.74, 6) is -1.56. The van der Waals surface area contributed by atoms with E-state index in [-0.39, 0.29) is 48.9 Å². The van der Waals surface area contributed by atoms with Crippen molar-refractivity contribution >= 4 is 23.0 Å². The Hall–Kier alpha value is -5.19. The Morgan fingerprint density at radius 1 is 1.04 bits per heavy atom. The number of fused-ring (bicyclic) bond motifs is 8. The average Bonchev–Trinajstić information content (AvgIpc) is 3.74. The summed E-state index contributed by atoms with van der Waals surface area (Å²) in [7, 11) is 0. The third-order valence-corrected chi connectivity index (χ3v) is 9.18. The van der Waals surface area contributed by atoms with Gasteiger partial charge in [0.2, 0.25) is 0 Å². The molecule has 2 aromatic heterocycles. The van der Waals surface area contributed by atoms with Gasteiger partial charge < -0.3 is 29.9 Å². The fourth-order valence-electron chi connectivity index (χ4n) is 6.21. The first kappa shape index (κ1) is 32.7. The number of aryl methyl sites for hydroxylation is 1. The Morgan fingerprint density at radius 3 is 2.69 bits per heavy atom. The van der Waals surface area contributed by atoms with Gasteiger partial charge in [-0.15, -0.1) is 0 Å². The van der Waals surface area contributed by atoms with Crippen LogP contribution in [0, 0.1) is 17.0 Å². The van der Waals surface area contributed by atoms with Gasteiger partial charge in [0.25, 0.3) is 0 Å². The molecule has 3 aromatic carbocycles. The van der Waals surface area contributed by atoms with E-state index in [0.29, 0.717) is 30.3 Å². The van der Waals surface area contributed by atoms with E-state index in [0.717, 1.165) is 22.2 Å². The van der Waals surface area contributed by atoms with Gasteiger partial charge in [-0.25, -0.2) is 18.6 Å². The fourth-order valence-corrected chi connectivity index (χ4v) is 6.21. The quantitative estimate of drug-likeness (QED) is 0.155. The van der Waals surface area contributed by atoms with Gasteiger partial charge in [-0.1, -0.05) is 38.1 Å². The summed E-state index contributed by atoms with van der Waals surface area (Å²) in [5.41, 5.74) is 2.71. The number of ether oxygens (including phenoxy) is 2. The molecular formula is C37H38F2N4O5. The van der Waals surface area contributed by atoms with E-state index in [9.17, 15) is 14.7 Å². The Bertz CT molecular complexity index is 1980. The normalized spacial score (nSPS) is 18.4. The van der Waals surface area contributed by atoms with Gasteiger partial charge in [0, 0.05) is 59.0 Å². The zero-order valence-electron chi connectivity index (χ0n) is 27.1. The number of rotatable bonds is 4. The molecule has 0 saturated carbocycles. The fraction of sp³-hybridized carbons (Fsp3) is 0.324. The van der Waals surface area contributed by atoms with Crippen molar-refractivity contribution in [1.82, 2.24) is 20.3 Å². The number of carbonyl (C=O) groups is 2. The summed E-state index contributed by atoms with van der Waals surface area (Å²) < 4.78 is 42.7. The molecule has 5 aromatic rings. The molecule has 1 unspecified atom stereocenters. The molecule has 3 heterocycles. The number of alkyl carbamates (subject to hydrolysis) is 1. The SMILES string of the molecule is CC1(C)CCC(C)(c2cccc(CCC(=O)O)c2)c2cnc([nH]2)-c2cc(ccc2F)Oc2c(F)cc3[nH]ccc3c2CCNC(=O)OC1. The molecule has 0 radical (unpaired) electrons. The molecule has 0 spiro atoms. The van der Waals surface area contributed by atoms with Crippen molar-refractivity contribution in [3.8, 4) is 22.9 Å². The number of imidazole rings is 1. The number of aromatic amines is 2. The van der Waals surface area contributed by atoms with Crippen LogP contribution in [0.4, 0.5) is 13.6 Å². The average molecular weight is 657 g/mol. The number of aliphatic carboxylic acids is 1. The summed E-state index contributed by atoms with van der Waals surface area (Å²) in [4.78, 5) is 35.0. The van der Waals surface area contributed by atoms with Crippen LogP contribution in [-0.4, -0.2) is 45.3 Å². The molecule has 11 heteroatoms. The van der Waals surface area contributed by atoms with Crippen LogP contribution in [0.2, 0.25) is 0 Å². The molecule has 1 aliphatic rings. The second-order valence-corrected chi connectivity index (χ2v) is 13.3. The van der Waals surface area contributed by atoms with Gasteiger partial charge in [-0.2, -0.15) is 0 Å². The molecular weight excluding hydrogens is 618 g/mol. The van der Waals surface area contributed by atoms with Gasteiger partial charge in [0.05, 0.1) is 12.2 Å². The second kappa shape index (κ2) is 13.1. The zero-order valence-corrected chi connectivity index (χ0v) is 27.1. The van der Waals surface area contributed by atoms with Crippen molar-refractivity contribution in [3.63, 3.8) is 0 Å². The van der Waals surface area contributed by atoms with Crippen LogP contribution in [0.15, 0.2) is 67.0 Å². The first-order valence-electron chi connectivity index (χ1n) is 16.0. The Balaban J connectivity index is 1.44. The highest BCUT2D eigenvalue weighted by molar-refractivity contribution is 5.86. The smallest absolute Gasteiger partial charge is 0.407 e. The maximum atomic E-state index is 15.5. The predicted octanol–water partition coefficient (Wildman–Crippen LogP) is 8.04. The van der Waals surface area contributed by atoms with Crippen LogP contribution < -0.4 is 10.1 Å². The lowest BCUT2D eigenvalue weighted by atomic mass is 9.72. The van der Waals surface area contributed by atoms with E-state index in [1.165, 1.54) is 24.3 Å². The van der Waals surface area contributed by atoms with Crippen LogP contribution >= 0.6 is 0 Å². The van der Waals surface area contributed by atoms with E-state index < -0.39 is 34.5 Å². The number of aromatic nitrogens is 3. The van der Waals surface area contributed by atoms with E-state index in [2.05, 4.69) is 27.2 Å². The van der Waals surface area contributed by atoms with Crippen molar-refractivity contribution in [2.45, 2.75) is 58.3 Å². The lowest BCUT2D eigenvalue weighted by Gasteiger charge is -2.34. The number of benzene rings is 3. The van der Waals surface area contributed by atoms with Crippen molar-refractivity contribution in [2.75, 3.05) is 13.2 Å². The third kappa shape index (κ3) is 6.90. The molecule has 48 heavy (non-hydrogen) atoms. The number of H-pyrrole nitrogens is 2. The topological polar surface area (TPSA) is 129 Å². The maximum Gasteiger partial charge on any atom is 0.407 e. The number of cyclic esters (lactones) is 1. The van der Waals surface area contributed by atoms with Crippen LogP contribution in [0.5, 0.6) is 11.5 Å². The van der Waals surface area contributed by atoms with Gasteiger partial charge in [0.1, 0.15) is 17.4 Å². The number of halogens is 2. The van der Waals surface area contributed by atoms with Crippen LogP contribution in [0.1, 0.15) is 62.4 Å². The monoisotopic (exact) mass is 656 g/mol. The van der Waals surface area contributed by atoms with Gasteiger partial charge in [-0.05, 0) is 73.4 Å². The molecule has 6 rings (SSSR count). The molecule has 4 bridgehead atoms. The summed E-state index contributed by atoms with van der Waals surface area (Å²) in [6.45, 7) is 6.41. The standard InChI is InChI=1S/C37H38F2N4O5/c1-36(2)13-14-37(3,23-6-4-5-22(17-23)7-10-32(44)45)31-20-42-34(43-31)27-18-24(8-9-28(27)38)48-33-26(12-16-41-35(46)47-21-36)25-11-15-40-30(25)19-29(33)39/h4-6,8-9,11,15,17-20,40H,7,10,12-14,16,21H2,1-3H3,(H,41,46)(H,42,43)(H,44,45). The Labute approximate surface area is 276 Å². The molecule has 0 aliphatic carbocycles. The van der Waals surface area contributed by atoms with Gasteiger partial charge in [-0.3, -0.25) is 4.79 Å². The minimum Gasteiger partial charge on any atom is -0.481 e. The minimum atomic E-state index is -0.875. The lowest BCUT2D eigenvalue weighted by molar-refractivity contribution is -0.136. The van der Waals surface area contributed by atoms with Crippen molar-refractivity contribution in [3.05, 3.63) is 101 Å². The highest BCUT2D eigenvalue weighted by atomic mass is 19.1. The molecule has 1 aliphatic heterocycles. The number of carboxylic acids is 1. The molecule has 1 amide bonds. The largest absolute Gasteiger partial charge is 0.481 e. The molecule has 0 saturated heterocycles. The highest BCUT2D eigenvalue weighted by Crippen LogP contribution is 2.41. The van der Waals surface area contributed by atoms with Crippen molar-refractivity contribution < 1.29 is 33.0 Å². The summed E-state index contributed by atoms with van der Waals surface area (Å²) >= 11 is 0. The predicted molar refractivity (Wildman–Crippen MR) is 177 cm³/mol. The van der Waals surface area contributed by atoms with Crippen molar-refractivity contribution in [1.29, 1.82) is 0 Å². The van der Waals surface area contributed by atoms with Gasteiger partial charge >= 0.3 is 12.1 Å². The highest BCUT2D eigenvalue weighted by Gasteiger charge is 2.34. The zero-order chi connectivity index (χ0) is 34.1. The van der Waals surface area contributed by atoms with Crippen LogP contribution in [-0.2, 0) is 27.8 Å². The number of carboxylic acid groups (broad SMARTS) is 1. The summed E-state index contributed by atoms with van der Waals surface area (Å²) in [6, 6.07) is 15.1. The molecule has 4 N–H and O–H groups in total. The molecule has 0 fully saturated rings. The second-order valence-electron chi connectivity index (χ2n) is 13.3. The number of nitrogens with one attached hydrogen (secondary N) is 3. The van der Waals surface area contributed by atoms with Crippen LogP contribution in [0.3, 0.4) is 0 Å². The van der Waals surface area contributed by atoms with E-state index >= 15 is 8.78 Å². The number of carbonyl (C=O) groups excluding carboxylic acids is 1. The first-order valence-corrected chi connectivity index (χ1v) is 16.0. The number of hydrogen-bond acceptors (Lipinski definition) is 5. The summed E-state index contributed by atoms with van der Waals surface area (Å²) in [5, 5.41) is 12.8. The summed E-state index contributed by atoms with van der Waals surface area (Å²) in [6.07, 6.45) is 4.66. The van der Waals surface area contributed by atoms with Gasteiger partial charge in [0.15, 0.2) is 11.6 Å². The molecule has 9 nitrogen and oxygen atoms in total. The molecule has 250 valence electrons. The molecule has 1 atom stereocenters.